The van der Waals surface area contributed by atoms with Crippen molar-refractivity contribution >= 4 is 17.3 Å². The molecule has 0 aliphatic rings. The van der Waals surface area contributed by atoms with Gasteiger partial charge in [0, 0.05) is 17.3 Å². The predicted molar refractivity (Wildman–Crippen MR) is 101 cm³/mol. The molecule has 0 saturated heterocycles. The number of benzene rings is 3. The van der Waals surface area contributed by atoms with Gasteiger partial charge in [-0.3, -0.25) is 0 Å². The maximum atomic E-state index is 13.2. The highest BCUT2D eigenvalue weighted by atomic mass is 35.5. The lowest BCUT2D eigenvalue weighted by molar-refractivity contribution is 0.305. The minimum Gasteiger partial charge on any atom is -0.489 e. The molecule has 0 fully saturated rings. The van der Waals surface area contributed by atoms with Gasteiger partial charge in [-0.15, -0.1) is 0 Å². The fraction of sp³-hybridized carbons (Fsp3) is 0.143. The first-order valence-corrected chi connectivity index (χ1v) is 8.44. The van der Waals surface area contributed by atoms with E-state index < -0.39 is 0 Å². The molecule has 0 atom stereocenters. The largest absolute Gasteiger partial charge is 0.489 e. The number of nitrogens with one attached hydrogen (secondary N) is 1. The van der Waals surface area contributed by atoms with Crippen molar-refractivity contribution in [2.75, 3.05) is 5.32 Å². The first kappa shape index (κ1) is 17.3. The smallest absolute Gasteiger partial charge is 0.123 e. The van der Waals surface area contributed by atoms with Crippen LogP contribution in [0.1, 0.15) is 16.7 Å². The van der Waals surface area contributed by atoms with Crippen LogP contribution in [-0.4, -0.2) is 0 Å². The summed E-state index contributed by atoms with van der Waals surface area (Å²) in [5.41, 5.74) is 3.92. The fourth-order valence-electron chi connectivity index (χ4n) is 2.45. The summed E-state index contributed by atoms with van der Waals surface area (Å²) < 4.78 is 19.0. The highest BCUT2D eigenvalue weighted by Gasteiger charge is 2.01. The van der Waals surface area contributed by atoms with Crippen LogP contribution in [0.5, 0.6) is 5.75 Å². The number of hydrogen-bond acceptors (Lipinski definition) is 2. The van der Waals surface area contributed by atoms with Crippen LogP contribution in [0.25, 0.3) is 0 Å². The van der Waals surface area contributed by atoms with Crippen LogP contribution in [0.4, 0.5) is 10.1 Å². The Balaban J connectivity index is 1.60. The zero-order valence-corrected chi connectivity index (χ0v) is 14.7. The van der Waals surface area contributed by atoms with Crippen LogP contribution in [-0.2, 0) is 13.2 Å². The van der Waals surface area contributed by atoms with Crippen LogP contribution in [0.3, 0.4) is 0 Å². The Labute approximate surface area is 152 Å². The molecular weight excluding hydrogens is 337 g/mol. The highest BCUT2D eigenvalue weighted by Crippen LogP contribution is 2.21. The van der Waals surface area contributed by atoms with Crippen molar-refractivity contribution in [3.63, 3.8) is 0 Å². The van der Waals surface area contributed by atoms with E-state index in [1.165, 1.54) is 12.1 Å². The summed E-state index contributed by atoms with van der Waals surface area (Å²) in [6.07, 6.45) is 0. The molecule has 1 N–H and O–H groups in total. The number of halogens is 2. The quantitative estimate of drug-likeness (QED) is 0.587. The SMILES string of the molecule is Cc1ccc(NCc2cccc(OCc3cccc(F)c3)c2)cc1Cl. The molecule has 0 unspecified atom stereocenters. The number of rotatable bonds is 6. The van der Waals surface area contributed by atoms with Crippen molar-refractivity contribution in [3.05, 3.63) is 94.3 Å². The molecule has 0 saturated carbocycles. The number of hydrogen-bond donors (Lipinski definition) is 1. The fourth-order valence-corrected chi connectivity index (χ4v) is 2.63. The Morgan fingerprint density at radius 2 is 1.76 bits per heavy atom. The molecule has 0 spiro atoms. The molecule has 0 amide bonds. The summed E-state index contributed by atoms with van der Waals surface area (Å²) in [7, 11) is 0. The van der Waals surface area contributed by atoms with E-state index in [9.17, 15) is 4.39 Å². The van der Waals surface area contributed by atoms with Gasteiger partial charge in [-0.2, -0.15) is 0 Å². The zero-order valence-electron chi connectivity index (χ0n) is 13.9. The predicted octanol–water partition coefficient (Wildman–Crippen LogP) is 5.98. The van der Waals surface area contributed by atoms with Gasteiger partial charge in [0.25, 0.3) is 0 Å². The van der Waals surface area contributed by atoms with Crippen molar-refractivity contribution in [3.8, 4) is 5.75 Å². The Morgan fingerprint density at radius 3 is 2.56 bits per heavy atom. The van der Waals surface area contributed by atoms with Crippen molar-refractivity contribution in [1.29, 1.82) is 0 Å². The lowest BCUT2D eigenvalue weighted by Crippen LogP contribution is -2.01. The first-order chi connectivity index (χ1) is 12.1. The standard InChI is InChI=1S/C21H19ClFNO/c1-15-8-9-19(12-21(15)22)24-13-16-4-3-7-20(11-16)25-14-17-5-2-6-18(23)10-17/h2-12,24H,13-14H2,1H3. The summed E-state index contributed by atoms with van der Waals surface area (Å²) >= 11 is 6.14. The van der Waals surface area contributed by atoms with E-state index in [-0.39, 0.29) is 5.82 Å². The lowest BCUT2D eigenvalue weighted by Gasteiger charge is -2.10. The average Bonchev–Trinajstić information content (AvgIpc) is 2.61. The Bertz CT molecular complexity index is 866. The zero-order chi connectivity index (χ0) is 17.6. The molecule has 0 aromatic heterocycles. The van der Waals surface area contributed by atoms with Crippen LogP contribution in [0, 0.1) is 12.7 Å². The molecule has 3 aromatic carbocycles. The van der Waals surface area contributed by atoms with E-state index in [0.29, 0.717) is 13.2 Å². The van der Waals surface area contributed by atoms with Crippen LogP contribution < -0.4 is 10.1 Å². The summed E-state index contributed by atoms with van der Waals surface area (Å²) in [5.74, 6) is 0.501. The van der Waals surface area contributed by atoms with E-state index in [2.05, 4.69) is 5.32 Å². The van der Waals surface area contributed by atoms with Crippen molar-refractivity contribution in [2.45, 2.75) is 20.1 Å². The van der Waals surface area contributed by atoms with Crippen LogP contribution in [0.2, 0.25) is 5.02 Å². The van der Waals surface area contributed by atoms with Crippen molar-refractivity contribution in [1.82, 2.24) is 0 Å². The van der Waals surface area contributed by atoms with E-state index in [4.69, 9.17) is 16.3 Å². The first-order valence-electron chi connectivity index (χ1n) is 8.06. The second kappa shape index (κ2) is 8.04. The van der Waals surface area contributed by atoms with E-state index in [1.54, 1.807) is 6.07 Å². The second-order valence-corrected chi connectivity index (χ2v) is 6.29. The third kappa shape index (κ3) is 4.97. The molecule has 4 heteroatoms. The van der Waals surface area contributed by atoms with Gasteiger partial charge >= 0.3 is 0 Å². The lowest BCUT2D eigenvalue weighted by atomic mass is 10.2. The maximum Gasteiger partial charge on any atom is 0.123 e. The Kier molecular flexibility index (Phi) is 5.56. The van der Waals surface area contributed by atoms with Crippen molar-refractivity contribution < 1.29 is 9.13 Å². The minimum absolute atomic E-state index is 0.254. The molecule has 0 bridgehead atoms. The number of anilines is 1. The monoisotopic (exact) mass is 355 g/mol. The highest BCUT2D eigenvalue weighted by molar-refractivity contribution is 6.31. The topological polar surface area (TPSA) is 21.3 Å². The summed E-state index contributed by atoms with van der Waals surface area (Å²) in [6.45, 7) is 2.98. The number of aryl methyl sites for hydroxylation is 1. The van der Waals surface area contributed by atoms with Gasteiger partial charge in [0.15, 0.2) is 0 Å². The van der Waals surface area contributed by atoms with E-state index in [1.807, 2.05) is 55.5 Å². The van der Waals surface area contributed by atoms with E-state index in [0.717, 1.165) is 33.1 Å². The van der Waals surface area contributed by atoms with Gasteiger partial charge in [-0.05, 0) is 60.0 Å². The van der Waals surface area contributed by atoms with Gasteiger partial charge in [0.05, 0.1) is 0 Å². The molecule has 2 nitrogen and oxygen atoms in total. The van der Waals surface area contributed by atoms with Gasteiger partial charge in [0.1, 0.15) is 18.2 Å². The third-order valence-corrected chi connectivity index (χ3v) is 4.27. The average molecular weight is 356 g/mol. The van der Waals surface area contributed by atoms with Crippen LogP contribution >= 0.6 is 11.6 Å². The number of ether oxygens (including phenoxy) is 1. The van der Waals surface area contributed by atoms with E-state index >= 15 is 0 Å². The summed E-state index contributed by atoms with van der Waals surface area (Å²) in [6, 6.07) is 20.2. The molecular formula is C21H19ClFNO. The van der Waals surface area contributed by atoms with Gasteiger partial charge in [-0.25, -0.2) is 4.39 Å². The Hall–Kier alpha value is -2.52. The van der Waals surface area contributed by atoms with Gasteiger partial charge < -0.3 is 10.1 Å². The van der Waals surface area contributed by atoms with Gasteiger partial charge in [-0.1, -0.05) is 41.9 Å². The third-order valence-electron chi connectivity index (χ3n) is 3.86. The normalized spacial score (nSPS) is 10.5. The van der Waals surface area contributed by atoms with Crippen LogP contribution in [0.15, 0.2) is 66.7 Å². The summed E-state index contributed by atoms with van der Waals surface area (Å²) in [4.78, 5) is 0. The molecule has 0 heterocycles. The minimum atomic E-state index is -0.254. The second-order valence-electron chi connectivity index (χ2n) is 5.88. The Morgan fingerprint density at radius 1 is 0.960 bits per heavy atom. The molecule has 25 heavy (non-hydrogen) atoms. The molecule has 0 aliphatic carbocycles. The molecule has 0 radical (unpaired) electrons. The molecule has 0 aliphatic heterocycles. The van der Waals surface area contributed by atoms with Gasteiger partial charge in [0.2, 0.25) is 0 Å². The maximum absolute atomic E-state index is 13.2. The molecule has 128 valence electrons. The van der Waals surface area contributed by atoms with Crippen molar-refractivity contribution in [2.24, 2.45) is 0 Å². The molecule has 3 rings (SSSR count). The summed E-state index contributed by atoms with van der Waals surface area (Å²) in [5, 5.41) is 4.10. The molecule has 3 aromatic rings.